The van der Waals surface area contributed by atoms with E-state index in [1.807, 2.05) is 6.92 Å². The summed E-state index contributed by atoms with van der Waals surface area (Å²) >= 11 is 7.55. The number of furan rings is 1. The van der Waals surface area contributed by atoms with Gasteiger partial charge in [-0.25, -0.2) is 4.98 Å². The second-order valence-corrected chi connectivity index (χ2v) is 5.34. The Morgan fingerprint density at radius 2 is 2.31 bits per heavy atom. The first-order valence-corrected chi connectivity index (χ1v) is 6.18. The van der Waals surface area contributed by atoms with Crippen molar-refractivity contribution in [3.63, 3.8) is 0 Å². The molecule has 0 radical (unpaired) electrons. The number of nitrogens with two attached hydrogens (primary N) is 1. The minimum atomic E-state index is -0.156. The number of hydrogen-bond donors (Lipinski definition) is 1. The van der Waals surface area contributed by atoms with Gasteiger partial charge >= 0.3 is 0 Å². The Morgan fingerprint density at radius 3 is 2.81 bits per heavy atom. The number of aromatic nitrogens is 1. The monoisotopic (exact) mass is 256 g/mol. The lowest BCUT2D eigenvalue weighted by molar-refractivity contribution is 0.560. The third kappa shape index (κ3) is 2.29. The van der Waals surface area contributed by atoms with Crippen LogP contribution in [0, 0.1) is 13.8 Å². The molecule has 0 amide bonds. The molecule has 2 aromatic rings. The molecule has 5 heteroatoms. The van der Waals surface area contributed by atoms with Gasteiger partial charge in [-0.3, -0.25) is 0 Å². The molecule has 0 aromatic carbocycles. The van der Waals surface area contributed by atoms with Crippen LogP contribution in [0.15, 0.2) is 16.7 Å². The average molecular weight is 257 g/mol. The van der Waals surface area contributed by atoms with E-state index in [1.165, 1.54) is 4.88 Å². The third-order valence-corrected chi connectivity index (χ3v) is 3.92. The maximum Gasteiger partial charge on any atom is 0.197 e. The minimum absolute atomic E-state index is 0.156. The third-order valence-electron chi connectivity index (χ3n) is 2.51. The summed E-state index contributed by atoms with van der Waals surface area (Å²) in [7, 11) is 0. The Labute approximate surface area is 103 Å². The van der Waals surface area contributed by atoms with Crippen LogP contribution in [-0.4, -0.2) is 4.98 Å². The fourth-order valence-electron chi connectivity index (χ4n) is 1.49. The van der Waals surface area contributed by atoms with E-state index in [-0.39, 0.29) is 6.04 Å². The molecule has 0 saturated heterocycles. The highest BCUT2D eigenvalue weighted by Gasteiger charge is 2.15. The van der Waals surface area contributed by atoms with E-state index in [0.717, 1.165) is 16.3 Å². The highest BCUT2D eigenvalue weighted by atomic mass is 35.5. The Hall–Kier alpha value is -0.840. The van der Waals surface area contributed by atoms with Gasteiger partial charge in [-0.05, 0) is 31.5 Å². The summed E-state index contributed by atoms with van der Waals surface area (Å²) in [6.07, 6.45) is 2.24. The summed E-state index contributed by atoms with van der Waals surface area (Å²) in [5.74, 6) is 0. The van der Waals surface area contributed by atoms with E-state index >= 15 is 0 Å². The quantitative estimate of drug-likeness (QED) is 0.917. The summed E-state index contributed by atoms with van der Waals surface area (Å²) < 4.78 is 5.02. The minimum Gasteiger partial charge on any atom is -0.453 e. The Morgan fingerprint density at radius 1 is 1.56 bits per heavy atom. The van der Waals surface area contributed by atoms with Crippen molar-refractivity contribution in [2.45, 2.75) is 26.3 Å². The molecule has 1 unspecified atom stereocenters. The van der Waals surface area contributed by atoms with Crippen molar-refractivity contribution >= 4 is 22.9 Å². The smallest absolute Gasteiger partial charge is 0.197 e. The lowest BCUT2D eigenvalue weighted by Gasteiger charge is -2.07. The summed E-state index contributed by atoms with van der Waals surface area (Å²) in [6, 6.07) is 1.65. The van der Waals surface area contributed by atoms with Gasteiger partial charge in [0, 0.05) is 22.9 Å². The predicted molar refractivity (Wildman–Crippen MR) is 65.9 cm³/mol. The maximum absolute atomic E-state index is 6.05. The molecule has 2 rings (SSSR count). The molecule has 0 aliphatic heterocycles. The highest BCUT2D eigenvalue weighted by molar-refractivity contribution is 7.11. The van der Waals surface area contributed by atoms with Crippen LogP contribution in [0.4, 0.5) is 0 Å². The lowest BCUT2D eigenvalue weighted by atomic mass is 10.1. The lowest BCUT2D eigenvalue weighted by Crippen LogP contribution is -2.12. The van der Waals surface area contributed by atoms with Crippen LogP contribution < -0.4 is 5.73 Å². The van der Waals surface area contributed by atoms with Crippen LogP contribution >= 0.6 is 22.9 Å². The Balaban J connectivity index is 2.13. The molecular weight excluding hydrogens is 244 g/mol. The van der Waals surface area contributed by atoms with E-state index in [1.54, 1.807) is 23.7 Å². The zero-order valence-electron chi connectivity index (χ0n) is 9.16. The molecule has 0 saturated carbocycles. The van der Waals surface area contributed by atoms with Gasteiger partial charge in [-0.2, -0.15) is 0 Å². The molecule has 0 aliphatic rings. The van der Waals surface area contributed by atoms with E-state index in [0.29, 0.717) is 11.6 Å². The Kier molecular flexibility index (Phi) is 3.33. The predicted octanol–water partition coefficient (Wildman–Crippen LogP) is 3.25. The molecule has 3 nitrogen and oxygen atoms in total. The molecule has 2 aromatic heterocycles. The van der Waals surface area contributed by atoms with Crippen LogP contribution in [0.25, 0.3) is 0 Å². The van der Waals surface area contributed by atoms with E-state index < -0.39 is 0 Å². The molecule has 0 bridgehead atoms. The summed E-state index contributed by atoms with van der Waals surface area (Å²) in [4.78, 5) is 5.69. The van der Waals surface area contributed by atoms with E-state index in [9.17, 15) is 0 Å². The fraction of sp³-hybridized carbons (Fsp3) is 0.364. The summed E-state index contributed by atoms with van der Waals surface area (Å²) in [5, 5.41) is 1.41. The molecular formula is C11H13ClN2OS. The van der Waals surface area contributed by atoms with Gasteiger partial charge in [-0.1, -0.05) is 0 Å². The normalized spacial score (nSPS) is 13.0. The first kappa shape index (κ1) is 11.6. The van der Waals surface area contributed by atoms with E-state index in [4.69, 9.17) is 21.8 Å². The van der Waals surface area contributed by atoms with Gasteiger partial charge in [-0.15, -0.1) is 11.3 Å². The number of rotatable bonds is 3. The van der Waals surface area contributed by atoms with Gasteiger partial charge in [0.25, 0.3) is 0 Å². The van der Waals surface area contributed by atoms with Crippen LogP contribution in [0.1, 0.15) is 27.2 Å². The van der Waals surface area contributed by atoms with Crippen molar-refractivity contribution in [2.24, 2.45) is 5.73 Å². The van der Waals surface area contributed by atoms with Gasteiger partial charge in [0.15, 0.2) is 5.22 Å². The second kappa shape index (κ2) is 4.57. The van der Waals surface area contributed by atoms with Crippen molar-refractivity contribution in [3.8, 4) is 0 Å². The standard InChI is InChI=1S/C11H13ClN2OS/c1-6-7(2)16-10(14-6)5-9(13)8-3-4-15-11(8)12/h3-4,9H,5,13H2,1-2H3. The second-order valence-electron chi connectivity index (χ2n) is 3.71. The summed E-state index contributed by atoms with van der Waals surface area (Å²) in [6.45, 7) is 4.07. The van der Waals surface area contributed by atoms with E-state index in [2.05, 4.69) is 11.9 Å². The maximum atomic E-state index is 6.05. The van der Waals surface area contributed by atoms with Crippen LogP contribution in [0.2, 0.25) is 5.22 Å². The first-order chi connectivity index (χ1) is 7.58. The molecule has 1 atom stereocenters. The SMILES string of the molecule is Cc1nc(CC(N)c2ccoc2Cl)sc1C. The molecule has 0 aliphatic carbocycles. The number of halogens is 1. The number of thiazole rings is 1. The molecule has 16 heavy (non-hydrogen) atoms. The van der Waals surface area contributed by atoms with Crippen molar-refractivity contribution in [1.29, 1.82) is 0 Å². The van der Waals surface area contributed by atoms with Crippen molar-refractivity contribution < 1.29 is 4.42 Å². The molecule has 86 valence electrons. The molecule has 0 fully saturated rings. The number of nitrogens with zero attached hydrogens (tertiary/aromatic N) is 1. The summed E-state index contributed by atoms with van der Waals surface area (Å²) in [5.41, 5.74) is 7.97. The van der Waals surface area contributed by atoms with Gasteiger partial charge in [0.05, 0.1) is 17.0 Å². The zero-order valence-corrected chi connectivity index (χ0v) is 10.7. The average Bonchev–Trinajstić information content (AvgIpc) is 2.74. The molecule has 0 spiro atoms. The Bertz CT molecular complexity index is 472. The van der Waals surface area contributed by atoms with Gasteiger partial charge in [0.1, 0.15) is 0 Å². The van der Waals surface area contributed by atoms with Gasteiger partial charge < -0.3 is 10.2 Å². The van der Waals surface area contributed by atoms with Crippen molar-refractivity contribution in [1.82, 2.24) is 4.98 Å². The number of aryl methyl sites for hydroxylation is 2. The molecule has 2 N–H and O–H groups in total. The molecule has 2 heterocycles. The van der Waals surface area contributed by atoms with Crippen LogP contribution in [0.5, 0.6) is 0 Å². The zero-order chi connectivity index (χ0) is 11.7. The largest absolute Gasteiger partial charge is 0.453 e. The van der Waals surface area contributed by atoms with Crippen LogP contribution in [-0.2, 0) is 6.42 Å². The van der Waals surface area contributed by atoms with Crippen molar-refractivity contribution in [2.75, 3.05) is 0 Å². The fourth-order valence-corrected chi connectivity index (χ4v) is 2.74. The first-order valence-electron chi connectivity index (χ1n) is 4.99. The van der Waals surface area contributed by atoms with Crippen molar-refractivity contribution in [3.05, 3.63) is 38.7 Å². The highest BCUT2D eigenvalue weighted by Crippen LogP contribution is 2.27. The number of hydrogen-bond acceptors (Lipinski definition) is 4. The van der Waals surface area contributed by atoms with Gasteiger partial charge in [0.2, 0.25) is 0 Å². The topological polar surface area (TPSA) is 52.0 Å². The van der Waals surface area contributed by atoms with Crippen LogP contribution in [0.3, 0.4) is 0 Å².